The summed E-state index contributed by atoms with van der Waals surface area (Å²) in [5.41, 5.74) is 0.562. The average Bonchev–Trinajstić information content (AvgIpc) is 2.39. The van der Waals surface area contributed by atoms with Gasteiger partial charge in [0.2, 0.25) is 0 Å². The molecule has 19 heavy (non-hydrogen) atoms. The Kier molecular flexibility index (Phi) is 4.76. The zero-order valence-corrected chi connectivity index (χ0v) is 12.3. The van der Waals surface area contributed by atoms with Crippen LogP contribution < -0.4 is 5.32 Å². The highest BCUT2D eigenvalue weighted by molar-refractivity contribution is 14.1. The van der Waals surface area contributed by atoms with Crippen LogP contribution in [-0.2, 0) is 4.74 Å². The van der Waals surface area contributed by atoms with Crippen LogP contribution in [-0.4, -0.2) is 36.2 Å². The molecule has 2 rings (SSSR count). The van der Waals surface area contributed by atoms with Gasteiger partial charge in [0, 0.05) is 22.8 Å². The fourth-order valence-electron chi connectivity index (χ4n) is 1.98. The molecule has 1 aromatic carbocycles. The minimum atomic E-state index is -1.02. The van der Waals surface area contributed by atoms with E-state index in [0.29, 0.717) is 22.3 Å². The molecule has 0 aromatic heterocycles. The molecular weight excluding hydrogens is 361 g/mol. The topological polar surface area (TPSA) is 75.6 Å². The molecule has 0 saturated carbocycles. The Bertz CT molecular complexity index is 497. The van der Waals surface area contributed by atoms with Crippen molar-refractivity contribution < 1.29 is 19.4 Å². The van der Waals surface area contributed by atoms with Gasteiger partial charge in [-0.15, -0.1) is 0 Å². The van der Waals surface area contributed by atoms with Crippen molar-refractivity contribution in [3.8, 4) is 0 Å². The van der Waals surface area contributed by atoms with Crippen LogP contribution in [0.15, 0.2) is 18.2 Å². The minimum absolute atomic E-state index is 0.102. The lowest BCUT2D eigenvalue weighted by molar-refractivity contribution is 0.0694. The van der Waals surface area contributed by atoms with Gasteiger partial charge >= 0.3 is 5.97 Å². The Balaban J connectivity index is 2.14. The average molecular weight is 375 g/mol. The van der Waals surface area contributed by atoms with E-state index in [2.05, 4.69) is 5.32 Å². The highest BCUT2D eigenvalue weighted by Gasteiger charge is 2.20. The molecule has 6 heteroatoms. The molecule has 0 spiro atoms. The first-order chi connectivity index (χ1) is 9.09. The molecule has 1 aromatic rings. The predicted octanol–water partition coefficient (Wildman–Crippen LogP) is 1.90. The zero-order chi connectivity index (χ0) is 13.8. The van der Waals surface area contributed by atoms with Crippen molar-refractivity contribution in [2.75, 3.05) is 13.2 Å². The Hall–Kier alpha value is -1.15. The number of hydrogen-bond donors (Lipinski definition) is 2. The molecule has 1 heterocycles. The quantitative estimate of drug-likeness (QED) is 0.792. The van der Waals surface area contributed by atoms with Crippen LogP contribution in [0, 0.1) is 3.57 Å². The van der Waals surface area contributed by atoms with Gasteiger partial charge in [0.25, 0.3) is 5.91 Å². The van der Waals surface area contributed by atoms with Crippen molar-refractivity contribution in [3.05, 3.63) is 32.9 Å². The number of aromatic carboxylic acids is 1. The summed E-state index contributed by atoms with van der Waals surface area (Å²) in [6, 6.07) is 4.83. The van der Waals surface area contributed by atoms with Gasteiger partial charge in [-0.3, -0.25) is 4.79 Å². The number of hydrogen-bond acceptors (Lipinski definition) is 3. The normalized spacial score (nSPS) is 16.1. The molecule has 0 atom stereocenters. The lowest BCUT2D eigenvalue weighted by atomic mass is 10.1. The Morgan fingerprint density at radius 3 is 2.53 bits per heavy atom. The monoisotopic (exact) mass is 375 g/mol. The first kappa shape index (κ1) is 14.3. The van der Waals surface area contributed by atoms with Crippen molar-refractivity contribution >= 4 is 34.5 Å². The lowest BCUT2D eigenvalue weighted by Crippen LogP contribution is -2.39. The molecule has 0 unspecified atom stereocenters. The maximum Gasteiger partial charge on any atom is 0.336 e. The van der Waals surface area contributed by atoms with E-state index < -0.39 is 5.97 Å². The SMILES string of the molecule is O=C(O)c1cccc(C(=O)NC2CCOCC2)c1I. The Morgan fingerprint density at radius 1 is 1.26 bits per heavy atom. The third-order valence-corrected chi connectivity index (χ3v) is 4.19. The van der Waals surface area contributed by atoms with Crippen LogP contribution in [0.5, 0.6) is 0 Å². The van der Waals surface area contributed by atoms with E-state index in [1.165, 1.54) is 6.07 Å². The van der Waals surface area contributed by atoms with Crippen molar-refractivity contribution in [2.45, 2.75) is 18.9 Å². The summed E-state index contributed by atoms with van der Waals surface area (Å²) in [7, 11) is 0. The molecule has 0 aliphatic carbocycles. The zero-order valence-electron chi connectivity index (χ0n) is 10.2. The smallest absolute Gasteiger partial charge is 0.336 e. The van der Waals surface area contributed by atoms with Gasteiger partial charge in [0.1, 0.15) is 0 Å². The van der Waals surface area contributed by atoms with Gasteiger partial charge in [0.15, 0.2) is 0 Å². The summed E-state index contributed by atoms with van der Waals surface area (Å²) in [6.45, 7) is 1.30. The number of carbonyl (C=O) groups is 2. The lowest BCUT2D eigenvalue weighted by Gasteiger charge is -2.23. The summed E-state index contributed by atoms with van der Waals surface area (Å²) >= 11 is 1.90. The number of nitrogens with one attached hydrogen (secondary N) is 1. The number of ether oxygens (including phenoxy) is 1. The van der Waals surface area contributed by atoms with Crippen LogP contribution in [0.1, 0.15) is 33.6 Å². The van der Waals surface area contributed by atoms with E-state index in [1.54, 1.807) is 12.1 Å². The van der Waals surface area contributed by atoms with Gasteiger partial charge < -0.3 is 15.2 Å². The summed E-state index contributed by atoms with van der Waals surface area (Å²) in [5, 5.41) is 12.0. The van der Waals surface area contributed by atoms with Gasteiger partial charge in [0.05, 0.1) is 11.1 Å². The number of rotatable bonds is 3. The molecule has 1 saturated heterocycles. The van der Waals surface area contributed by atoms with E-state index in [-0.39, 0.29) is 17.5 Å². The standard InChI is InChI=1S/C13H14INO4/c14-11-9(2-1-3-10(11)13(17)18)12(16)15-8-4-6-19-7-5-8/h1-3,8H,4-7H2,(H,15,16)(H,17,18). The molecular formula is C13H14INO4. The summed E-state index contributed by atoms with van der Waals surface area (Å²) in [5.74, 6) is -1.25. The third kappa shape index (κ3) is 3.44. The van der Waals surface area contributed by atoms with E-state index in [0.717, 1.165) is 12.8 Å². The second-order valence-corrected chi connectivity index (χ2v) is 5.41. The van der Waals surface area contributed by atoms with Crippen LogP contribution in [0.4, 0.5) is 0 Å². The van der Waals surface area contributed by atoms with Crippen LogP contribution in [0.3, 0.4) is 0 Å². The fraction of sp³-hybridized carbons (Fsp3) is 0.385. The van der Waals surface area contributed by atoms with Crippen LogP contribution in [0.25, 0.3) is 0 Å². The summed E-state index contributed by atoms with van der Waals surface area (Å²) < 4.78 is 5.70. The number of amides is 1. The second kappa shape index (κ2) is 6.33. The third-order valence-electron chi connectivity index (χ3n) is 3.03. The fourth-order valence-corrected chi connectivity index (χ4v) is 2.81. The highest BCUT2D eigenvalue weighted by Crippen LogP contribution is 2.18. The number of carbonyl (C=O) groups excluding carboxylic acids is 1. The maximum atomic E-state index is 12.2. The second-order valence-electron chi connectivity index (χ2n) is 4.33. The van der Waals surface area contributed by atoms with E-state index in [1.807, 2.05) is 22.6 Å². The van der Waals surface area contributed by atoms with Crippen LogP contribution >= 0.6 is 22.6 Å². The number of benzene rings is 1. The first-order valence-electron chi connectivity index (χ1n) is 6.00. The molecule has 1 fully saturated rings. The summed E-state index contributed by atoms with van der Waals surface area (Å²) in [6.07, 6.45) is 1.59. The molecule has 1 aliphatic rings. The number of carboxylic acid groups (broad SMARTS) is 1. The minimum Gasteiger partial charge on any atom is -0.478 e. The van der Waals surface area contributed by atoms with Crippen molar-refractivity contribution in [1.29, 1.82) is 0 Å². The molecule has 0 bridgehead atoms. The summed E-state index contributed by atoms with van der Waals surface area (Å²) in [4.78, 5) is 23.2. The maximum absolute atomic E-state index is 12.2. The van der Waals surface area contributed by atoms with E-state index in [9.17, 15) is 9.59 Å². The molecule has 1 amide bonds. The van der Waals surface area contributed by atoms with Crippen LogP contribution in [0.2, 0.25) is 0 Å². The molecule has 2 N–H and O–H groups in total. The van der Waals surface area contributed by atoms with Gasteiger partial charge in [-0.05, 0) is 47.6 Å². The Labute approximate surface area is 124 Å². The molecule has 0 radical (unpaired) electrons. The van der Waals surface area contributed by atoms with Gasteiger partial charge in [-0.25, -0.2) is 4.79 Å². The van der Waals surface area contributed by atoms with E-state index >= 15 is 0 Å². The predicted molar refractivity (Wildman–Crippen MR) is 77.4 cm³/mol. The molecule has 5 nitrogen and oxygen atoms in total. The van der Waals surface area contributed by atoms with E-state index in [4.69, 9.17) is 9.84 Å². The van der Waals surface area contributed by atoms with Crippen molar-refractivity contribution in [3.63, 3.8) is 0 Å². The molecule has 1 aliphatic heterocycles. The number of carboxylic acids is 1. The highest BCUT2D eigenvalue weighted by atomic mass is 127. The first-order valence-corrected chi connectivity index (χ1v) is 7.08. The molecule has 102 valence electrons. The van der Waals surface area contributed by atoms with Gasteiger partial charge in [-0.2, -0.15) is 0 Å². The van der Waals surface area contributed by atoms with Crippen molar-refractivity contribution in [2.24, 2.45) is 0 Å². The number of halogens is 1. The largest absolute Gasteiger partial charge is 0.478 e. The van der Waals surface area contributed by atoms with Gasteiger partial charge in [-0.1, -0.05) is 6.07 Å². The Morgan fingerprint density at radius 2 is 1.89 bits per heavy atom. The van der Waals surface area contributed by atoms with Crippen molar-refractivity contribution in [1.82, 2.24) is 5.32 Å².